The van der Waals surface area contributed by atoms with Gasteiger partial charge in [0.15, 0.2) is 0 Å². The number of ether oxygens (including phenoxy) is 1. The van der Waals surface area contributed by atoms with E-state index in [1.165, 1.54) is 0 Å². The summed E-state index contributed by atoms with van der Waals surface area (Å²) in [6.45, 7) is 10.5. The summed E-state index contributed by atoms with van der Waals surface area (Å²) in [7, 11) is 0. The van der Waals surface area contributed by atoms with Crippen LogP contribution in [-0.2, 0) is 4.74 Å². The molecule has 16 heavy (non-hydrogen) atoms. The monoisotopic (exact) mass is 233 g/mol. The largest absolute Gasteiger partial charge is 0.396 e. The highest BCUT2D eigenvalue weighted by atomic mass is 16.5. The second-order valence-electron chi connectivity index (χ2n) is 5.54. The fraction of sp³-hybridized carbons (Fsp3) is 1.00. The van der Waals surface area contributed by atoms with Gasteiger partial charge in [-0.1, -0.05) is 27.7 Å². The first-order valence-electron chi connectivity index (χ1n) is 5.95. The van der Waals surface area contributed by atoms with E-state index in [1.807, 2.05) is 13.8 Å². The molecule has 0 aromatic rings. The Kier molecular flexibility index (Phi) is 7.93. The molecule has 0 aliphatic rings. The minimum Gasteiger partial charge on any atom is -0.396 e. The number of nitrogens with one attached hydrogen (secondary N) is 1. The lowest BCUT2D eigenvalue weighted by molar-refractivity contribution is 0.0245. The quantitative estimate of drug-likeness (QED) is 0.546. The van der Waals surface area contributed by atoms with E-state index in [9.17, 15) is 5.11 Å². The first-order valence-corrected chi connectivity index (χ1v) is 5.95. The maximum atomic E-state index is 9.58. The summed E-state index contributed by atoms with van der Waals surface area (Å²) in [6.07, 6.45) is -0.478. The lowest BCUT2D eigenvalue weighted by atomic mass is 9.95. The third-order valence-electron chi connectivity index (χ3n) is 2.17. The molecular formula is C12H27NO3. The van der Waals surface area contributed by atoms with Crippen molar-refractivity contribution < 1.29 is 14.9 Å². The molecule has 0 radical (unpaired) electrons. The molecule has 0 bridgehead atoms. The molecule has 1 atom stereocenters. The van der Waals surface area contributed by atoms with Crippen molar-refractivity contribution in [2.24, 2.45) is 11.3 Å². The number of hydrogen-bond donors (Lipinski definition) is 3. The molecule has 0 amide bonds. The molecule has 3 N–H and O–H groups in total. The van der Waals surface area contributed by atoms with E-state index in [0.29, 0.717) is 32.2 Å². The van der Waals surface area contributed by atoms with Crippen LogP contribution in [0.15, 0.2) is 0 Å². The minimum absolute atomic E-state index is 0.139. The van der Waals surface area contributed by atoms with Crippen molar-refractivity contribution in [2.45, 2.75) is 33.8 Å². The van der Waals surface area contributed by atoms with Gasteiger partial charge in [0.05, 0.1) is 12.7 Å². The molecule has 0 rings (SSSR count). The van der Waals surface area contributed by atoms with E-state index in [4.69, 9.17) is 9.84 Å². The second kappa shape index (κ2) is 8.01. The third kappa shape index (κ3) is 9.09. The van der Waals surface area contributed by atoms with Crippen molar-refractivity contribution >= 4 is 0 Å². The van der Waals surface area contributed by atoms with Crippen LogP contribution >= 0.6 is 0 Å². The minimum atomic E-state index is -0.478. The Morgan fingerprint density at radius 1 is 1.25 bits per heavy atom. The highest BCUT2D eigenvalue weighted by Gasteiger charge is 2.16. The van der Waals surface area contributed by atoms with Crippen molar-refractivity contribution in [3.8, 4) is 0 Å². The fourth-order valence-electron chi connectivity index (χ4n) is 1.13. The predicted octanol–water partition coefficient (Wildman–Crippen LogP) is 0.628. The molecule has 0 fully saturated rings. The van der Waals surface area contributed by atoms with Crippen molar-refractivity contribution in [1.29, 1.82) is 0 Å². The zero-order chi connectivity index (χ0) is 12.6. The van der Waals surface area contributed by atoms with E-state index >= 15 is 0 Å². The topological polar surface area (TPSA) is 61.7 Å². The van der Waals surface area contributed by atoms with Gasteiger partial charge >= 0.3 is 0 Å². The van der Waals surface area contributed by atoms with Gasteiger partial charge in [0, 0.05) is 31.7 Å². The molecule has 98 valence electrons. The van der Waals surface area contributed by atoms with Gasteiger partial charge in [-0.2, -0.15) is 0 Å². The molecule has 0 saturated heterocycles. The van der Waals surface area contributed by atoms with Gasteiger partial charge in [0.2, 0.25) is 0 Å². The van der Waals surface area contributed by atoms with Crippen LogP contribution in [0.1, 0.15) is 27.7 Å². The van der Waals surface area contributed by atoms with Crippen molar-refractivity contribution in [2.75, 3.05) is 32.9 Å². The van der Waals surface area contributed by atoms with Crippen LogP contribution in [-0.4, -0.2) is 49.2 Å². The number of aliphatic hydroxyl groups excluding tert-OH is 2. The Bertz CT molecular complexity index is 172. The summed E-state index contributed by atoms with van der Waals surface area (Å²) in [4.78, 5) is 0. The van der Waals surface area contributed by atoms with Crippen LogP contribution in [0.3, 0.4) is 0 Å². The Labute approximate surface area is 99.0 Å². The van der Waals surface area contributed by atoms with Gasteiger partial charge in [-0.25, -0.2) is 0 Å². The fourth-order valence-corrected chi connectivity index (χ4v) is 1.13. The normalized spacial score (nSPS) is 14.4. The van der Waals surface area contributed by atoms with Crippen molar-refractivity contribution in [3.63, 3.8) is 0 Å². The molecular weight excluding hydrogens is 206 g/mol. The molecule has 0 aromatic carbocycles. The van der Waals surface area contributed by atoms with Crippen molar-refractivity contribution in [3.05, 3.63) is 0 Å². The molecule has 0 aromatic heterocycles. The predicted molar refractivity (Wildman–Crippen MR) is 65.4 cm³/mol. The number of hydrogen-bond acceptors (Lipinski definition) is 4. The van der Waals surface area contributed by atoms with Gasteiger partial charge in [-0.15, -0.1) is 0 Å². The molecule has 4 heteroatoms. The van der Waals surface area contributed by atoms with Gasteiger partial charge in [0.1, 0.15) is 0 Å². The average molecular weight is 233 g/mol. The molecule has 0 heterocycles. The summed E-state index contributed by atoms with van der Waals surface area (Å²) in [6, 6.07) is 0. The van der Waals surface area contributed by atoms with Crippen LogP contribution < -0.4 is 5.32 Å². The number of rotatable bonds is 9. The summed E-state index contributed by atoms with van der Waals surface area (Å²) in [5, 5.41) is 21.7. The second-order valence-corrected chi connectivity index (χ2v) is 5.54. The zero-order valence-corrected chi connectivity index (χ0v) is 11.0. The van der Waals surface area contributed by atoms with Gasteiger partial charge in [-0.3, -0.25) is 0 Å². The third-order valence-corrected chi connectivity index (χ3v) is 2.17. The SMILES string of the molecule is CC(C)COCC(O)CNCC(C)(C)CO. The lowest BCUT2D eigenvalue weighted by Crippen LogP contribution is -2.38. The smallest absolute Gasteiger partial charge is 0.0897 e. The maximum Gasteiger partial charge on any atom is 0.0897 e. The van der Waals surface area contributed by atoms with Gasteiger partial charge < -0.3 is 20.3 Å². The summed E-state index contributed by atoms with van der Waals surface area (Å²) >= 11 is 0. The summed E-state index contributed by atoms with van der Waals surface area (Å²) in [5.41, 5.74) is -0.140. The molecule has 1 unspecified atom stereocenters. The highest BCUT2D eigenvalue weighted by Crippen LogP contribution is 2.10. The van der Waals surface area contributed by atoms with Crippen LogP contribution in [0, 0.1) is 11.3 Å². The standard InChI is InChI=1S/C12H27NO3/c1-10(2)6-16-7-11(15)5-13-8-12(3,4)9-14/h10-11,13-15H,5-9H2,1-4H3. The average Bonchev–Trinajstić information content (AvgIpc) is 2.17. The zero-order valence-electron chi connectivity index (χ0n) is 11.0. The van der Waals surface area contributed by atoms with Crippen LogP contribution in [0.25, 0.3) is 0 Å². The Balaban J connectivity index is 3.47. The Hall–Kier alpha value is -0.160. The summed E-state index contributed by atoms with van der Waals surface area (Å²) < 4.78 is 5.33. The van der Waals surface area contributed by atoms with Crippen molar-refractivity contribution in [1.82, 2.24) is 5.32 Å². The van der Waals surface area contributed by atoms with Gasteiger partial charge in [-0.05, 0) is 5.92 Å². The molecule has 0 spiro atoms. The first kappa shape index (κ1) is 15.8. The summed E-state index contributed by atoms with van der Waals surface area (Å²) in [5.74, 6) is 0.494. The van der Waals surface area contributed by atoms with Crippen LogP contribution in [0.5, 0.6) is 0 Å². The van der Waals surface area contributed by atoms with E-state index in [1.54, 1.807) is 0 Å². The maximum absolute atomic E-state index is 9.58. The molecule has 4 nitrogen and oxygen atoms in total. The van der Waals surface area contributed by atoms with E-state index < -0.39 is 6.10 Å². The van der Waals surface area contributed by atoms with Crippen LogP contribution in [0.4, 0.5) is 0 Å². The molecule has 0 aliphatic heterocycles. The lowest BCUT2D eigenvalue weighted by Gasteiger charge is -2.23. The molecule has 0 aliphatic carbocycles. The first-order chi connectivity index (χ1) is 7.37. The van der Waals surface area contributed by atoms with Gasteiger partial charge in [0.25, 0.3) is 0 Å². The van der Waals surface area contributed by atoms with E-state index in [0.717, 1.165) is 0 Å². The van der Waals surface area contributed by atoms with Crippen LogP contribution in [0.2, 0.25) is 0 Å². The highest BCUT2D eigenvalue weighted by molar-refractivity contribution is 4.71. The van der Waals surface area contributed by atoms with E-state index in [2.05, 4.69) is 19.2 Å². The number of aliphatic hydroxyl groups is 2. The Morgan fingerprint density at radius 2 is 1.88 bits per heavy atom. The molecule has 0 saturated carbocycles. The van der Waals surface area contributed by atoms with E-state index in [-0.39, 0.29) is 12.0 Å². The Morgan fingerprint density at radius 3 is 2.38 bits per heavy atom.